The topological polar surface area (TPSA) is 61.4 Å². The minimum absolute atomic E-state index is 0.105. The van der Waals surface area contributed by atoms with E-state index in [0.29, 0.717) is 4.88 Å². The Balaban J connectivity index is 1.60. The number of fused-ring (bicyclic) bond motifs is 1. The van der Waals surface area contributed by atoms with Crippen LogP contribution in [0.1, 0.15) is 28.6 Å². The van der Waals surface area contributed by atoms with E-state index in [1.54, 1.807) is 6.33 Å². The van der Waals surface area contributed by atoms with Gasteiger partial charge in [-0.2, -0.15) is 0 Å². The van der Waals surface area contributed by atoms with E-state index in [1.807, 2.05) is 31.2 Å². The van der Waals surface area contributed by atoms with Gasteiger partial charge in [0.15, 0.2) is 0 Å². The van der Waals surface area contributed by atoms with Crippen molar-refractivity contribution < 1.29 is 4.79 Å². The summed E-state index contributed by atoms with van der Waals surface area (Å²) in [5, 5.41) is 3.99. The summed E-state index contributed by atoms with van der Waals surface area (Å²) in [6, 6.07) is 7.58. The van der Waals surface area contributed by atoms with E-state index < -0.39 is 0 Å². The highest BCUT2D eigenvalue weighted by Crippen LogP contribution is 2.35. The van der Waals surface area contributed by atoms with Gasteiger partial charge in [0.25, 0.3) is 5.91 Å². The van der Waals surface area contributed by atoms with E-state index in [1.165, 1.54) is 17.8 Å². The molecule has 1 aliphatic rings. The van der Waals surface area contributed by atoms with Crippen molar-refractivity contribution in [2.45, 2.75) is 20.3 Å². The molecule has 0 saturated carbocycles. The summed E-state index contributed by atoms with van der Waals surface area (Å²) in [5.74, 6) is 0.842. The Morgan fingerprint density at radius 2 is 1.90 bits per heavy atom. The molecule has 3 aromatic rings. The van der Waals surface area contributed by atoms with Crippen molar-refractivity contribution in [2.24, 2.45) is 0 Å². The SMILES string of the molecule is CCCN1CCN(c2ncnc3sc(C(=O)Nc4ccc(Br)cc4)c(C)c23)CC1. The molecule has 1 aromatic carbocycles. The van der Waals surface area contributed by atoms with Crippen molar-refractivity contribution in [3.63, 3.8) is 0 Å². The van der Waals surface area contributed by atoms with Gasteiger partial charge in [0.05, 0.1) is 10.3 Å². The highest BCUT2D eigenvalue weighted by molar-refractivity contribution is 9.10. The Bertz CT molecular complexity index is 1010. The van der Waals surface area contributed by atoms with E-state index >= 15 is 0 Å². The number of carbonyl (C=O) groups excluding carboxylic acids is 1. The van der Waals surface area contributed by atoms with Crippen molar-refractivity contribution >= 4 is 54.9 Å². The second kappa shape index (κ2) is 8.77. The maximum Gasteiger partial charge on any atom is 0.266 e. The number of amides is 1. The number of aromatic nitrogens is 2. The van der Waals surface area contributed by atoms with E-state index in [2.05, 4.69) is 47.9 Å². The number of nitrogens with zero attached hydrogens (tertiary/aromatic N) is 4. The van der Waals surface area contributed by atoms with Crippen LogP contribution in [0.5, 0.6) is 0 Å². The van der Waals surface area contributed by atoms with Gasteiger partial charge in [-0.25, -0.2) is 9.97 Å². The van der Waals surface area contributed by atoms with Crippen molar-refractivity contribution in [3.05, 3.63) is 45.5 Å². The Hall–Kier alpha value is -2.03. The molecule has 0 unspecified atom stereocenters. The molecule has 2 aromatic heterocycles. The Labute approximate surface area is 183 Å². The molecule has 0 aliphatic carbocycles. The fraction of sp³-hybridized carbons (Fsp3) is 0.381. The van der Waals surface area contributed by atoms with Crippen molar-refractivity contribution in [3.8, 4) is 0 Å². The molecule has 8 heteroatoms. The number of nitrogens with one attached hydrogen (secondary N) is 1. The Morgan fingerprint density at radius 1 is 1.17 bits per heavy atom. The molecule has 6 nitrogen and oxygen atoms in total. The lowest BCUT2D eigenvalue weighted by Gasteiger charge is -2.35. The minimum Gasteiger partial charge on any atom is -0.353 e. The highest BCUT2D eigenvalue weighted by atomic mass is 79.9. The van der Waals surface area contributed by atoms with Crippen molar-refractivity contribution in [2.75, 3.05) is 42.9 Å². The van der Waals surface area contributed by atoms with Crippen molar-refractivity contribution in [1.82, 2.24) is 14.9 Å². The van der Waals surface area contributed by atoms with Gasteiger partial charge in [0.2, 0.25) is 0 Å². The van der Waals surface area contributed by atoms with Crippen LogP contribution in [0.4, 0.5) is 11.5 Å². The van der Waals surface area contributed by atoms with Crippen LogP contribution in [-0.4, -0.2) is 53.5 Å². The lowest BCUT2D eigenvalue weighted by Crippen LogP contribution is -2.46. The molecule has 1 N–H and O–H groups in total. The average molecular weight is 474 g/mol. The van der Waals surface area contributed by atoms with Crippen LogP contribution < -0.4 is 10.2 Å². The van der Waals surface area contributed by atoms with E-state index in [9.17, 15) is 4.79 Å². The number of benzene rings is 1. The molecule has 1 aliphatic heterocycles. The van der Waals surface area contributed by atoms with Gasteiger partial charge in [-0.1, -0.05) is 22.9 Å². The van der Waals surface area contributed by atoms with E-state index in [-0.39, 0.29) is 5.91 Å². The molecular formula is C21H24BrN5OS. The maximum absolute atomic E-state index is 12.9. The molecule has 152 valence electrons. The van der Waals surface area contributed by atoms with Gasteiger partial charge in [-0.05, 0) is 49.7 Å². The fourth-order valence-electron chi connectivity index (χ4n) is 3.73. The molecule has 1 saturated heterocycles. The number of thiophene rings is 1. The smallest absolute Gasteiger partial charge is 0.266 e. The van der Waals surface area contributed by atoms with Crippen LogP contribution in [0.3, 0.4) is 0 Å². The van der Waals surface area contributed by atoms with Crippen LogP contribution in [0.25, 0.3) is 10.2 Å². The van der Waals surface area contributed by atoms with Gasteiger partial charge in [0.1, 0.15) is 17.0 Å². The quantitative estimate of drug-likeness (QED) is 0.588. The first-order valence-corrected chi connectivity index (χ1v) is 11.5. The highest BCUT2D eigenvalue weighted by Gasteiger charge is 2.24. The predicted octanol–water partition coefficient (Wildman–Crippen LogP) is 4.55. The average Bonchev–Trinajstić information content (AvgIpc) is 3.08. The minimum atomic E-state index is -0.105. The van der Waals surface area contributed by atoms with Crippen LogP contribution in [0.15, 0.2) is 35.1 Å². The molecule has 29 heavy (non-hydrogen) atoms. The zero-order valence-electron chi connectivity index (χ0n) is 16.6. The number of hydrogen-bond acceptors (Lipinski definition) is 6. The molecule has 0 spiro atoms. The van der Waals surface area contributed by atoms with Gasteiger partial charge in [0, 0.05) is 36.3 Å². The summed E-state index contributed by atoms with van der Waals surface area (Å²) in [5.41, 5.74) is 1.72. The number of aryl methyl sites for hydroxylation is 1. The summed E-state index contributed by atoms with van der Waals surface area (Å²) in [6.45, 7) is 9.33. The normalized spacial score (nSPS) is 15.1. The Morgan fingerprint density at radius 3 is 2.59 bits per heavy atom. The first-order valence-electron chi connectivity index (χ1n) is 9.85. The molecule has 3 heterocycles. The molecule has 4 rings (SSSR count). The van der Waals surface area contributed by atoms with Crippen molar-refractivity contribution in [1.29, 1.82) is 0 Å². The number of anilines is 2. The number of halogens is 1. The summed E-state index contributed by atoms with van der Waals surface area (Å²) in [6.07, 6.45) is 2.79. The second-order valence-corrected chi connectivity index (χ2v) is 9.14. The lowest BCUT2D eigenvalue weighted by atomic mass is 10.1. The standard InChI is InChI=1S/C21H24BrN5OS/c1-3-8-26-9-11-27(12-10-26)19-17-14(2)18(29-21(17)24-13-23-19)20(28)25-16-6-4-15(22)5-7-16/h4-7,13H,3,8-12H2,1-2H3,(H,25,28). The summed E-state index contributed by atoms with van der Waals surface area (Å²) in [7, 11) is 0. The summed E-state index contributed by atoms with van der Waals surface area (Å²) in [4.78, 5) is 28.3. The third-order valence-corrected chi connectivity index (χ3v) is 6.95. The number of piperazine rings is 1. The van der Waals surface area contributed by atoms with Crippen LogP contribution in [-0.2, 0) is 0 Å². The van der Waals surface area contributed by atoms with Gasteiger partial charge >= 0.3 is 0 Å². The summed E-state index contributed by atoms with van der Waals surface area (Å²) < 4.78 is 0.979. The number of rotatable bonds is 5. The first-order chi connectivity index (χ1) is 14.1. The zero-order valence-corrected chi connectivity index (χ0v) is 19.0. The Kier molecular flexibility index (Phi) is 6.12. The van der Waals surface area contributed by atoms with Gasteiger partial charge in [-0.15, -0.1) is 11.3 Å². The van der Waals surface area contributed by atoms with Crippen LogP contribution in [0, 0.1) is 6.92 Å². The second-order valence-electron chi connectivity index (χ2n) is 7.22. The van der Waals surface area contributed by atoms with Crippen LogP contribution >= 0.6 is 27.3 Å². The van der Waals surface area contributed by atoms with Gasteiger partial charge < -0.3 is 10.2 Å². The third kappa shape index (κ3) is 4.29. The largest absolute Gasteiger partial charge is 0.353 e. The molecule has 1 amide bonds. The molecule has 0 radical (unpaired) electrons. The maximum atomic E-state index is 12.9. The molecule has 0 atom stereocenters. The number of hydrogen-bond donors (Lipinski definition) is 1. The van der Waals surface area contributed by atoms with Crippen LogP contribution in [0.2, 0.25) is 0 Å². The van der Waals surface area contributed by atoms with Gasteiger partial charge in [-0.3, -0.25) is 9.69 Å². The lowest BCUT2D eigenvalue weighted by molar-refractivity contribution is 0.103. The monoisotopic (exact) mass is 473 g/mol. The summed E-state index contributed by atoms with van der Waals surface area (Å²) >= 11 is 4.85. The fourth-order valence-corrected chi connectivity index (χ4v) is 5.03. The van der Waals surface area contributed by atoms with E-state index in [4.69, 9.17) is 0 Å². The number of carbonyl (C=O) groups is 1. The first kappa shape index (κ1) is 20.3. The molecular weight excluding hydrogens is 450 g/mol. The molecule has 0 bridgehead atoms. The third-order valence-electron chi connectivity index (χ3n) is 5.23. The zero-order chi connectivity index (χ0) is 20.4. The van der Waals surface area contributed by atoms with E-state index in [0.717, 1.165) is 64.5 Å². The predicted molar refractivity (Wildman–Crippen MR) is 123 cm³/mol. The molecule has 1 fully saturated rings.